The van der Waals surface area contributed by atoms with Crippen LogP contribution in [0.3, 0.4) is 0 Å². The Morgan fingerprint density at radius 2 is 1.96 bits per heavy atom. The van der Waals surface area contributed by atoms with Crippen LogP contribution in [0.25, 0.3) is 0 Å². The molecule has 0 atom stereocenters. The van der Waals surface area contributed by atoms with E-state index in [-0.39, 0.29) is 10.6 Å². The normalized spacial score (nSPS) is 14.9. The highest BCUT2D eigenvalue weighted by molar-refractivity contribution is 7.09. The molecule has 1 aliphatic heterocycles. The fourth-order valence-corrected chi connectivity index (χ4v) is 3.46. The number of aromatic nitrogens is 2. The summed E-state index contributed by atoms with van der Waals surface area (Å²) in [5, 5.41) is 12.1. The van der Waals surface area contributed by atoms with Gasteiger partial charge in [-0.3, -0.25) is 10.1 Å². The van der Waals surface area contributed by atoms with Crippen LogP contribution in [0.1, 0.15) is 5.82 Å². The quantitative estimate of drug-likeness (QED) is 0.582. The number of rotatable bonds is 6. The first kappa shape index (κ1) is 16.6. The lowest BCUT2D eigenvalue weighted by Crippen LogP contribution is -2.46. The summed E-state index contributed by atoms with van der Waals surface area (Å²) in [5.41, 5.74) is 0.837. The van der Waals surface area contributed by atoms with Crippen LogP contribution in [-0.4, -0.2) is 54.2 Å². The molecule has 24 heavy (non-hydrogen) atoms. The van der Waals surface area contributed by atoms with Gasteiger partial charge >= 0.3 is 0 Å². The second-order valence-electron chi connectivity index (χ2n) is 5.46. The third-order valence-electron chi connectivity index (χ3n) is 3.96. The van der Waals surface area contributed by atoms with E-state index in [2.05, 4.69) is 19.2 Å². The zero-order valence-corrected chi connectivity index (χ0v) is 14.2. The first-order valence-corrected chi connectivity index (χ1v) is 8.51. The van der Waals surface area contributed by atoms with Crippen molar-refractivity contribution in [3.63, 3.8) is 0 Å². The number of nitro benzene ring substituents is 1. The number of para-hydroxylation sites is 2. The molecule has 1 aromatic heterocycles. The smallest absolute Gasteiger partial charge is 0.292 e. The average Bonchev–Trinajstić information content (AvgIpc) is 3.09. The van der Waals surface area contributed by atoms with Crippen molar-refractivity contribution in [1.82, 2.24) is 9.36 Å². The fourth-order valence-electron chi connectivity index (χ4n) is 2.69. The standard InChI is InChI=1S/C15H19N5O3S/c1-23-11-6-14-16-15(24-17-14)19-9-7-18(8-10-19)12-4-2-3-5-13(12)20(21)22/h2-5H,6-11H2,1H3. The summed E-state index contributed by atoms with van der Waals surface area (Å²) in [6, 6.07) is 6.89. The minimum Gasteiger partial charge on any atom is -0.384 e. The van der Waals surface area contributed by atoms with E-state index in [0.717, 1.165) is 37.1 Å². The molecule has 0 bridgehead atoms. The monoisotopic (exact) mass is 349 g/mol. The van der Waals surface area contributed by atoms with Crippen molar-refractivity contribution in [3.05, 3.63) is 40.2 Å². The van der Waals surface area contributed by atoms with E-state index in [4.69, 9.17) is 4.74 Å². The zero-order chi connectivity index (χ0) is 16.9. The fraction of sp³-hybridized carbons (Fsp3) is 0.467. The Morgan fingerprint density at radius 3 is 2.67 bits per heavy atom. The highest BCUT2D eigenvalue weighted by Crippen LogP contribution is 2.29. The van der Waals surface area contributed by atoms with E-state index in [1.807, 2.05) is 12.1 Å². The van der Waals surface area contributed by atoms with Crippen molar-refractivity contribution in [2.45, 2.75) is 6.42 Å². The number of hydrogen-bond acceptors (Lipinski definition) is 8. The molecule has 8 nitrogen and oxygen atoms in total. The van der Waals surface area contributed by atoms with E-state index in [9.17, 15) is 10.1 Å². The minimum absolute atomic E-state index is 0.156. The Bertz CT molecular complexity index is 700. The van der Waals surface area contributed by atoms with Gasteiger partial charge < -0.3 is 14.5 Å². The number of benzene rings is 1. The summed E-state index contributed by atoms with van der Waals surface area (Å²) < 4.78 is 9.39. The van der Waals surface area contributed by atoms with Crippen molar-refractivity contribution in [3.8, 4) is 0 Å². The van der Waals surface area contributed by atoms with Gasteiger partial charge in [0.25, 0.3) is 5.69 Å². The van der Waals surface area contributed by atoms with E-state index in [1.54, 1.807) is 19.2 Å². The lowest BCUT2D eigenvalue weighted by molar-refractivity contribution is -0.384. The van der Waals surface area contributed by atoms with Crippen LogP contribution in [0, 0.1) is 10.1 Å². The highest BCUT2D eigenvalue weighted by atomic mass is 32.1. The Kier molecular flexibility index (Phi) is 5.21. The molecule has 0 aliphatic carbocycles. The predicted octanol–water partition coefficient (Wildman–Crippen LogP) is 1.96. The summed E-state index contributed by atoms with van der Waals surface area (Å²) >= 11 is 1.39. The molecule has 1 aliphatic rings. The number of ether oxygens (including phenoxy) is 1. The predicted molar refractivity (Wildman–Crippen MR) is 93.0 cm³/mol. The summed E-state index contributed by atoms with van der Waals surface area (Å²) in [5.74, 6) is 0.804. The van der Waals surface area contributed by atoms with Crippen molar-refractivity contribution < 1.29 is 9.66 Å². The Balaban J connectivity index is 1.64. The van der Waals surface area contributed by atoms with E-state index in [1.165, 1.54) is 11.5 Å². The van der Waals surface area contributed by atoms with Crippen LogP contribution in [-0.2, 0) is 11.2 Å². The molecule has 0 unspecified atom stereocenters. The number of nitrogens with zero attached hydrogens (tertiary/aromatic N) is 5. The van der Waals surface area contributed by atoms with Crippen LogP contribution >= 0.6 is 11.5 Å². The summed E-state index contributed by atoms with van der Waals surface area (Å²) in [6.45, 7) is 3.59. The highest BCUT2D eigenvalue weighted by Gasteiger charge is 2.24. The molecule has 0 radical (unpaired) electrons. The van der Waals surface area contributed by atoms with Crippen LogP contribution in [0.15, 0.2) is 24.3 Å². The first-order chi connectivity index (χ1) is 11.7. The van der Waals surface area contributed by atoms with E-state index < -0.39 is 0 Å². The lowest BCUT2D eigenvalue weighted by atomic mass is 10.2. The van der Waals surface area contributed by atoms with Crippen molar-refractivity contribution in [2.24, 2.45) is 0 Å². The van der Waals surface area contributed by atoms with E-state index in [0.29, 0.717) is 18.7 Å². The third kappa shape index (κ3) is 3.62. The SMILES string of the molecule is COCCc1nsc(N2CCN(c3ccccc3[N+](=O)[O-])CC2)n1. The molecular weight excluding hydrogens is 330 g/mol. The molecule has 0 spiro atoms. The molecule has 0 amide bonds. The van der Waals surface area contributed by atoms with Crippen molar-refractivity contribution in [1.29, 1.82) is 0 Å². The maximum Gasteiger partial charge on any atom is 0.292 e. The van der Waals surface area contributed by atoms with Gasteiger partial charge in [0.2, 0.25) is 5.13 Å². The second-order valence-corrected chi connectivity index (χ2v) is 6.19. The summed E-state index contributed by atoms with van der Waals surface area (Å²) in [7, 11) is 1.66. The number of piperazine rings is 1. The van der Waals surface area contributed by atoms with Crippen LogP contribution in [0.5, 0.6) is 0 Å². The number of anilines is 2. The van der Waals surface area contributed by atoms with E-state index >= 15 is 0 Å². The maximum atomic E-state index is 11.2. The molecule has 3 rings (SSSR count). The van der Waals surface area contributed by atoms with Gasteiger partial charge in [-0.15, -0.1) is 0 Å². The second kappa shape index (κ2) is 7.54. The number of methoxy groups -OCH3 is 1. The van der Waals surface area contributed by atoms with Gasteiger partial charge in [-0.2, -0.15) is 4.37 Å². The van der Waals surface area contributed by atoms with Gasteiger partial charge in [0.15, 0.2) is 0 Å². The lowest BCUT2D eigenvalue weighted by Gasteiger charge is -2.35. The Morgan fingerprint density at radius 1 is 1.25 bits per heavy atom. The number of nitro groups is 1. The van der Waals surface area contributed by atoms with Gasteiger partial charge in [0.1, 0.15) is 11.5 Å². The zero-order valence-electron chi connectivity index (χ0n) is 13.4. The number of hydrogen-bond donors (Lipinski definition) is 0. The molecule has 9 heteroatoms. The Hall–Kier alpha value is -2.26. The molecule has 0 N–H and O–H groups in total. The van der Waals surface area contributed by atoms with Crippen LogP contribution in [0.2, 0.25) is 0 Å². The van der Waals surface area contributed by atoms with Gasteiger partial charge in [-0.05, 0) is 6.07 Å². The maximum absolute atomic E-state index is 11.2. The van der Waals surface area contributed by atoms with Crippen molar-refractivity contribution in [2.75, 3.05) is 49.7 Å². The first-order valence-electron chi connectivity index (χ1n) is 7.74. The Labute approximate surface area is 144 Å². The van der Waals surface area contributed by atoms with Crippen molar-refractivity contribution >= 4 is 28.0 Å². The molecule has 128 valence electrons. The van der Waals surface area contributed by atoms with Gasteiger partial charge in [0.05, 0.1) is 11.5 Å². The minimum atomic E-state index is -0.325. The average molecular weight is 349 g/mol. The summed E-state index contributed by atoms with van der Waals surface area (Å²) in [4.78, 5) is 19.6. The van der Waals surface area contributed by atoms with Crippen LogP contribution < -0.4 is 9.80 Å². The molecule has 2 heterocycles. The molecule has 1 fully saturated rings. The van der Waals surface area contributed by atoms with Gasteiger partial charge in [0, 0.05) is 57.3 Å². The topological polar surface area (TPSA) is 84.6 Å². The molecular formula is C15H19N5O3S. The molecule has 1 saturated heterocycles. The molecule has 0 saturated carbocycles. The summed E-state index contributed by atoms with van der Waals surface area (Å²) in [6.07, 6.45) is 0.711. The molecule has 2 aromatic rings. The van der Waals surface area contributed by atoms with Gasteiger partial charge in [-0.1, -0.05) is 12.1 Å². The van der Waals surface area contributed by atoms with Crippen LogP contribution in [0.4, 0.5) is 16.5 Å². The third-order valence-corrected chi connectivity index (χ3v) is 4.77. The molecule has 1 aromatic carbocycles. The largest absolute Gasteiger partial charge is 0.384 e. The van der Waals surface area contributed by atoms with Gasteiger partial charge in [-0.25, -0.2) is 4.98 Å².